The van der Waals surface area contributed by atoms with E-state index in [-0.39, 0.29) is 6.79 Å². The average Bonchev–Trinajstić information content (AvgIpc) is 3.44. The van der Waals surface area contributed by atoms with Crippen LogP contribution in [-0.2, 0) is 6.54 Å². The zero-order valence-electron chi connectivity index (χ0n) is 20.5. The van der Waals surface area contributed by atoms with E-state index in [0.717, 1.165) is 60.3 Å². The van der Waals surface area contributed by atoms with Crippen LogP contribution in [0.25, 0.3) is 11.2 Å². The number of imidazole rings is 1. The van der Waals surface area contributed by atoms with Gasteiger partial charge >= 0.3 is 6.09 Å². The van der Waals surface area contributed by atoms with Gasteiger partial charge < -0.3 is 40.4 Å². The number of ether oxygens (including phenoxy) is 2. The highest BCUT2D eigenvalue weighted by atomic mass is 32.2. The normalized spacial score (nSPS) is 12.3. The van der Waals surface area contributed by atoms with Crippen LogP contribution in [0.5, 0.6) is 11.5 Å². The van der Waals surface area contributed by atoms with Gasteiger partial charge in [0, 0.05) is 50.8 Å². The molecule has 4 rings (SSSR count). The quantitative estimate of drug-likeness (QED) is 0.248. The summed E-state index contributed by atoms with van der Waals surface area (Å²) in [6, 6.07) is 3.95. The Bertz CT molecular complexity index is 1200. The van der Waals surface area contributed by atoms with E-state index in [0.29, 0.717) is 35.8 Å². The van der Waals surface area contributed by atoms with Crippen molar-refractivity contribution in [2.75, 3.05) is 51.2 Å². The Kier molecular flexibility index (Phi) is 8.54. The lowest BCUT2D eigenvalue weighted by Gasteiger charge is -2.18. The molecule has 3 heterocycles. The van der Waals surface area contributed by atoms with Gasteiger partial charge in [0.2, 0.25) is 6.79 Å². The fraction of sp³-hybridized carbons (Fsp3) is 0.478. The summed E-state index contributed by atoms with van der Waals surface area (Å²) in [6.45, 7) is 3.00. The molecule has 12 nitrogen and oxygen atoms in total. The Balaban J connectivity index is 1.41. The third-order valence-electron chi connectivity index (χ3n) is 5.73. The van der Waals surface area contributed by atoms with Gasteiger partial charge in [-0.2, -0.15) is 0 Å². The third kappa shape index (κ3) is 6.21. The summed E-state index contributed by atoms with van der Waals surface area (Å²) in [4.78, 5) is 26.8. The zero-order valence-corrected chi connectivity index (χ0v) is 21.3. The molecule has 1 aliphatic rings. The lowest BCUT2D eigenvalue weighted by atomic mass is 10.2. The molecule has 0 bridgehead atoms. The smallest absolute Gasteiger partial charge is 0.404 e. The van der Waals surface area contributed by atoms with Crippen molar-refractivity contribution >= 4 is 40.5 Å². The lowest BCUT2D eigenvalue weighted by molar-refractivity contribution is 0.174. The van der Waals surface area contributed by atoms with Crippen molar-refractivity contribution in [3.05, 3.63) is 18.5 Å². The highest BCUT2D eigenvalue weighted by molar-refractivity contribution is 7.99. The summed E-state index contributed by atoms with van der Waals surface area (Å²) < 4.78 is 13.2. The topological polar surface area (TPSA) is 153 Å². The predicted octanol–water partition coefficient (Wildman–Crippen LogP) is 2.77. The number of benzene rings is 1. The van der Waals surface area contributed by atoms with E-state index in [2.05, 4.69) is 25.2 Å². The number of nitrogens with zero attached hydrogens (tertiary/aromatic N) is 5. The first-order valence-electron chi connectivity index (χ1n) is 11.9. The van der Waals surface area contributed by atoms with Crippen LogP contribution in [0.2, 0.25) is 0 Å². The fourth-order valence-corrected chi connectivity index (χ4v) is 5.03. The number of aromatic nitrogens is 4. The molecule has 0 aliphatic carbocycles. The van der Waals surface area contributed by atoms with Crippen molar-refractivity contribution in [1.29, 1.82) is 0 Å². The lowest BCUT2D eigenvalue weighted by Crippen LogP contribution is -2.22. The Morgan fingerprint density at radius 2 is 1.89 bits per heavy atom. The van der Waals surface area contributed by atoms with Crippen LogP contribution in [0.15, 0.2) is 28.5 Å². The standard InChI is InChI=1S/C23H32N8O4S/c1-30(2)15-11-16-17(35-14-34-16)12-18(15)36-22-29-19-20(24)27-13-28-21(19)31(22)10-9-25-7-5-3-4-6-8-26-23(32)33/h11-13,25-26H,3-10,14H2,1-2H3,(H,32,33)(H2,24,27,28). The molecule has 5 N–H and O–H groups in total. The molecule has 0 spiro atoms. The highest BCUT2D eigenvalue weighted by Crippen LogP contribution is 2.44. The molecule has 0 unspecified atom stereocenters. The van der Waals surface area contributed by atoms with E-state index >= 15 is 0 Å². The van der Waals surface area contributed by atoms with Crippen LogP contribution in [-0.4, -0.2) is 71.2 Å². The number of amides is 1. The van der Waals surface area contributed by atoms with Crippen molar-refractivity contribution in [2.24, 2.45) is 0 Å². The van der Waals surface area contributed by atoms with Crippen LogP contribution >= 0.6 is 11.8 Å². The van der Waals surface area contributed by atoms with Crippen molar-refractivity contribution in [3.63, 3.8) is 0 Å². The number of hydrogen-bond acceptors (Lipinski definition) is 10. The van der Waals surface area contributed by atoms with Gasteiger partial charge in [-0.15, -0.1) is 0 Å². The van der Waals surface area contributed by atoms with Gasteiger partial charge in [0.15, 0.2) is 33.6 Å². The Hall–Kier alpha value is -3.45. The molecule has 13 heteroatoms. The maximum absolute atomic E-state index is 10.5. The van der Waals surface area contributed by atoms with Crippen LogP contribution in [0.3, 0.4) is 0 Å². The summed E-state index contributed by atoms with van der Waals surface area (Å²) in [6.07, 6.45) is 4.41. The summed E-state index contributed by atoms with van der Waals surface area (Å²) in [5, 5.41) is 15.2. The number of carbonyl (C=O) groups is 1. The number of fused-ring (bicyclic) bond motifs is 2. The number of nitrogens with two attached hydrogens (primary N) is 1. The van der Waals surface area contributed by atoms with E-state index in [9.17, 15) is 4.79 Å². The molecule has 2 aromatic heterocycles. The second kappa shape index (κ2) is 12.0. The third-order valence-corrected chi connectivity index (χ3v) is 6.77. The number of unbranched alkanes of at least 4 members (excludes halogenated alkanes) is 3. The van der Waals surface area contributed by atoms with Crippen LogP contribution in [0, 0.1) is 0 Å². The molecular weight excluding hydrogens is 484 g/mol. The van der Waals surface area contributed by atoms with Crippen LogP contribution in [0.1, 0.15) is 25.7 Å². The van der Waals surface area contributed by atoms with Crippen molar-refractivity contribution in [3.8, 4) is 11.5 Å². The predicted molar refractivity (Wildman–Crippen MR) is 138 cm³/mol. The van der Waals surface area contributed by atoms with Gasteiger partial charge in [-0.05, 0) is 31.1 Å². The van der Waals surface area contributed by atoms with E-state index in [1.54, 1.807) is 0 Å². The second-order valence-corrected chi connectivity index (χ2v) is 9.55. The van der Waals surface area contributed by atoms with Gasteiger partial charge in [-0.3, -0.25) is 0 Å². The minimum atomic E-state index is -0.968. The van der Waals surface area contributed by atoms with Gasteiger partial charge in [0.1, 0.15) is 6.33 Å². The summed E-state index contributed by atoms with van der Waals surface area (Å²) in [5.74, 6) is 1.80. The Labute approximate surface area is 213 Å². The SMILES string of the molecule is CN(C)c1cc2c(cc1Sc1nc3c(N)ncnc3n1CCNCCCCCCNC(=O)O)OCO2. The van der Waals surface area contributed by atoms with E-state index in [1.165, 1.54) is 18.1 Å². The Morgan fingerprint density at radius 1 is 1.14 bits per heavy atom. The maximum Gasteiger partial charge on any atom is 0.404 e. The van der Waals surface area contributed by atoms with Crippen molar-refractivity contribution < 1.29 is 19.4 Å². The molecule has 36 heavy (non-hydrogen) atoms. The second-order valence-electron chi connectivity index (χ2n) is 8.54. The summed E-state index contributed by atoms with van der Waals surface area (Å²) in [5.41, 5.74) is 8.39. The molecule has 3 aromatic rings. The van der Waals surface area contributed by atoms with Gasteiger partial charge in [0.25, 0.3) is 0 Å². The zero-order chi connectivity index (χ0) is 25.5. The Morgan fingerprint density at radius 3 is 2.64 bits per heavy atom. The van der Waals surface area contributed by atoms with Crippen LogP contribution < -0.4 is 30.7 Å². The fourth-order valence-electron chi connectivity index (χ4n) is 3.90. The number of hydrogen-bond donors (Lipinski definition) is 4. The average molecular weight is 517 g/mol. The molecular formula is C23H32N8O4S. The number of nitrogens with one attached hydrogen (secondary N) is 2. The molecule has 0 saturated heterocycles. The van der Waals surface area contributed by atoms with Crippen molar-refractivity contribution in [2.45, 2.75) is 42.3 Å². The van der Waals surface area contributed by atoms with E-state index in [1.807, 2.05) is 31.1 Å². The molecule has 194 valence electrons. The molecule has 1 aromatic carbocycles. The molecule has 1 amide bonds. The first-order valence-corrected chi connectivity index (χ1v) is 12.7. The monoisotopic (exact) mass is 516 g/mol. The first-order chi connectivity index (χ1) is 17.4. The number of anilines is 2. The molecule has 0 radical (unpaired) electrons. The summed E-state index contributed by atoms with van der Waals surface area (Å²) >= 11 is 1.53. The van der Waals surface area contributed by atoms with Crippen molar-refractivity contribution in [1.82, 2.24) is 30.2 Å². The van der Waals surface area contributed by atoms with Crippen LogP contribution in [0.4, 0.5) is 16.3 Å². The highest BCUT2D eigenvalue weighted by Gasteiger charge is 2.22. The van der Waals surface area contributed by atoms with E-state index < -0.39 is 6.09 Å². The minimum absolute atomic E-state index is 0.214. The summed E-state index contributed by atoms with van der Waals surface area (Å²) in [7, 11) is 3.97. The molecule has 1 aliphatic heterocycles. The minimum Gasteiger partial charge on any atom is -0.465 e. The number of nitrogen functional groups attached to an aromatic ring is 1. The molecule has 0 saturated carbocycles. The largest absolute Gasteiger partial charge is 0.465 e. The van der Waals surface area contributed by atoms with E-state index in [4.69, 9.17) is 25.3 Å². The van der Waals surface area contributed by atoms with Gasteiger partial charge in [-0.1, -0.05) is 12.8 Å². The first kappa shape index (κ1) is 25.6. The maximum atomic E-state index is 10.5. The molecule has 0 atom stereocenters. The van der Waals surface area contributed by atoms with Gasteiger partial charge in [-0.25, -0.2) is 19.7 Å². The molecule has 0 fully saturated rings. The van der Waals surface area contributed by atoms with Gasteiger partial charge in [0.05, 0.1) is 5.69 Å². The number of carboxylic acid groups (broad SMARTS) is 1. The number of rotatable bonds is 13.